The summed E-state index contributed by atoms with van der Waals surface area (Å²) in [5.41, 5.74) is 13.9. The lowest BCUT2D eigenvalue weighted by Gasteiger charge is -2.40. The van der Waals surface area contributed by atoms with Crippen LogP contribution in [0, 0.1) is 48.5 Å². The summed E-state index contributed by atoms with van der Waals surface area (Å²) in [7, 11) is 9.77. The first kappa shape index (κ1) is 105. The van der Waals surface area contributed by atoms with Crippen LogP contribution in [0.25, 0.3) is 0 Å². The molecular formula is C108H156N14O10. The molecule has 9 aliphatic rings. The van der Waals surface area contributed by atoms with Crippen molar-refractivity contribution in [1.29, 1.82) is 0 Å². The van der Waals surface area contributed by atoms with Crippen LogP contribution in [0.1, 0.15) is 182 Å². The number of aryl methyl sites for hydroxylation is 7. The van der Waals surface area contributed by atoms with Gasteiger partial charge in [0.25, 0.3) is 41.4 Å². The minimum atomic E-state index is 0.110. The van der Waals surface area contributed by atoms with E-state index in [-0.39, 0.29) is 41.4 Å². The highest BCUT2D eigenvalue weighted by Gasteiger charge is 2.32. The van der Waals surface area contributed by atoms with Gasteiger partial charge in [-0.3, -0.25) is 48.3 Å². The van der Waals surface area contributed by atoms with Gasteiger partial charge in [0.2, 0.25) is 0 Å². The standard InChI is InChI=1S/C18H26N2O.C17H27N3O.C17H24N2O.2C15H22N2O2.C14H20N2O.C12H15NO2/c1-15-5-7-16(8-6-15)18(21)20-13-9-17(10-14-20)19-11-3-2-4-12-19;1-15-5-7-16(8-6-15)17(21)20-13-11-19(12-14-20)10-4-9-18(2)3;1-14-4-6-15(7-5-14)17(20)19-12-8-16(9-13-19)18-10-2-3-11-18;1-13-3-5-14(6-4-13)15(18)17-9-7-16(8-10-17)11-12-19-2;1-13-4-3-5-14(12-13)15(18)17-8-6-16(7-9-17)10-11-19-2;1-12-4-6-13(7-5-12)14(17)16-9-3-8-15(2)10-11-16;1-10-2-4-11(5-3-10)12(14)13-6-8-15-9-7-13/h5-8,17H,2-4,9-14H2,1H3;5-8H,4,9-14H2,1-3H3;4-7,16H,2-3,8-13H2,1H3;3-6H,7-12H2,1-2H3;3-5,12H,6-11H2,1-2H3;4-7H,3,8-11H2,1-2H3;2-5H,6-9H2,1H3. The molecule has 9 aliphatic heterocycles. The van der Waals surface area contributed by atoms with Gasteiger partial charge >= 0.3 is 0 Å². The molecule has 718 valence electrons. The zero-order valence-electron chi connectivity index (χ0n) is 82.0. The molecule has 24 heteroatoms. The second kappa shape index (κ2) is 55.9. The van der Waals surface area contributed by atoms with Crippen LogP contribution >= 0.6 is 0 Å². The lowest BCUT2D eigenvalue weighted by molar-refractivity contribution is 0.0302. The van der Waals surface area contributed by atoms with Crippen molar-refractivity contribution < 1.29 is 47.8 Å². The van der Waals surface area contributed by atoms with E-state index in [4.69, 9.17) is 14.2 Å². The number of morpholine rings is 1. The van der Waals surface area contributed by atoms with Crippen molar-refractivity contribution >= 4 is 41.4 Å². The molecule has 7 aromatic carbocycles. The molecule has 9 fully saturated rings. The van der Waals surface area contributed by atoms with Gasteiger partial charge in [-0.25, -0.2) is 0 Å². The third-order valence-electron chi connectivity index (χ3n) is 26.7. The highest BCUT2D eigenvalue weighted by molar-refractivity contribution is 5.98. The molecular weight excluding hydrogens is 1650 g/mol. The van der Waals surface area contributed by atoms with Gasteiger partial charge in [0.05, 0.1) is 26.4 Å². The Balaban J connectivity index is 0.000000160. The predicted molar refractivity (Wildman–Crippen MR) is 531 cm³/mol. The lowest BCUT2D eigenvalue weighted by atomic mass is 9.99. The Labute approximate surface area is 790 Å². The lowest BCUT2D eigenvalue weighted by Crippen LogP contribution is -2.49. The summed E-state index contributed by atoms with van der Waals surface area (Å²) in [6.07, 6.45) is 13.6. The van der Waals surface area contributed by atoms with Crippen molar-refractivity contribution in [2.45, 2.75) is 131 Å². The molecule has 0 aromatic heterocycles. The average Bonchev–Trinajstić information content (AvgIpc) is 1.60. The highest BCUT2D eigenvalue weighted by atomic mass is 16.5. The SMILES string of the molecule is COCCN1CCN(C(=O)c2ccc(C)cc2)CC1.COCCN1CCN(C(=O)c2cccc(C)c2)CC1.Cc1ccc(C(=O)N2CCC(N3CCCC3)CC2)cc1.Cc1ccc(C(=O)N2CCC(N3CCCCC3)CC2)cc1.Cc1ccc(C(=O)N2CCCN(C)CC2)cc1.Cc1ccc(C(=O)N2CCN(CCCN(C)C)CC2)cc1.Cc1ccc(C(=O)N2CCOCC2)cc1. The Bertz CT molecular complexity index is 4560. The number of amides is 7. The van der Waals surface area contributed by atoms with Gasteiger partial charge in [-0.15, -0.1) is 0 Å². The largest absolute Gasteiger partial charge is 0.383 e. The first-order valence-electron chi connectivity index (χ1n) is 48.9. The average molecular weight is 1810 g/mol. The normalized spacial score (nSPS) is 18.2. The van der Waals surface area contributed by atoms with E-state index < -0.39 is 0 Å². The number of ether oxygens (including phenoxy) is 3. The quantitative estimate of drug-likeness (QED) is 0.0741. The molecule has 0 N–H and O–H groups in total. The van der Waals surface area contributed by atoms with Crippen molar-refractivity contribution in [3.63, 3.8) is 0 Å². The van der Waals surface area contributed by atoms with Gasteiger partial charge in [-0.1, -0.05) is 130 Å². The number of piperazine rings is 3. The molecule has 0 aliphatic carbocycles. The van der Waals surface area contributed by atoms with E-state index in [9.17, 15) is 33.6 Å². The van der Waals surface area contributed by atoms with Crippen molar-refractivity contribution in [1.82, 2.24) is 68.6 Å². The number of methoxy groups -OCH3 is 2. The minimum absolute atomic E-state index is 0.110. The number of hydrogen-bond acceptors (Lipinski definition) is 17. The van der Waals surface area contributed by atoms with Gasteiger partial charge in [0, 0.05) is 216 Å². The van der Waals surface area contributed by atoms with E-state index in [1.165, 1.54) is 98.1 Å². The molecule has 16 rings (SSSR count). The Hall–Kier alpha value is -9.57. The maximum absolute atomic E-state index is 12.5. The number of hydrogen-bond donors (Lipinski definition) is 0. The van der Waals surface area contributed by atoms with Crippen LogP contribution in [0.4, 0.5) is 0 Å². The summed E-state index contributed by atoms with van der Waals surface area (Å²) >= 11 is 0. The number of carbonyl (C=O) groups is 7. The van der Waals surface area contributed by atoms with Crippen LogP contribution in [0.15, 0.2) is 170 Å². The minimum Gasteiger partial charge on any atom is -0.383 e. The second-order valence-corrected chi connectivity index (χ2v) is 37.3. The van der Waals surface area contributed by atoms with Crippen LogP contribution in [-0.4, -0.2) is 380 Å². The number of rotatable bonds is 19. The summed E-state index contributed by atoms with van der Waals surface area (Å²) in [4.78, 5) is 117. The fraction of sp³-hybridized carbons (Fsp3) is 0.546. The van der Waals surface area contributed by atoms with E-state index in [0.717, 1.165) is 247 Å². The third-order valence-corrected chi connectivity index (χ3v) is 26.7. The molecule has 9 heterocycles. The molecule has 0 saturated carbocycles. The monoisotopic (exact) mass is 1810 g/mol. The van der Waals surface area contributed by atoms with Crippen LogP contribution in [0.5, 0.6) is 0 Å². The molecule has 0 atom stereocenters. The fourth-order valence-corrected chi connectivity index (χ4v) is 18.1. The van der Waals surface area contributed by atoms with Crippen molar-refractivity contribution in [3.8, 4) is 0 Å². The fourth-order valence-electron chi connectivity index (χ4n) is 18.1. The molecule has 7 aromatic rings. The van der Waals surface area contributed by atoms with E-state index in [2.05, 4.69) is 69.3 Å². The van der Waals surface area contributed by atoms with Gasteiger partial charge < -0.3 is 68.1 Å². The summed E-state index contributed by atoms with van der Waals surface area (Å²) in [6, 6.07) is 56.3. The molecule has 0 radical (unpaired) electrons. The molecule has 0 spiro atoms. The van der Waals surface area contributed by atoms with E-state index in [0.29, 0.717) is 38.4 Å². The summed E-state index contributed by atoms with van der Waals surface area (Å²) in [5, 5.41) is 0. The predicted octanol–water partition coefficient (Wildman–Crippen LogP) is 13.5. The number of carbonyl (C=O) groups excluding carboxylic acids is 7. The number of benzene rings is 7. The first-order chi connectivity index (χ1) is 63.9. The third kappa shape index (κ3) is 34.7. The molecule has 7 amide bonds. The van der Waals surface area contributed by atoms with E-state index >= 15 is 0 Å². The summed E-state index contributed by atoms with van der Waals surface area (Å²) < 4.78 is 15.4. The highest BCUT2D eigenvalue weighted by Crippen LogP contribution is 2.26. The van der Waals surface area contributed by atoms with Crippen LogP contribution in [0.3, 0.4) is 0 Å². The van der Waals surface area contributed by atoms with Crippen molar-refractivity contribution in [2.24, 2.45) is 0 Å². The number of likely N-dealkylation sites (N-methyl/N-ethyl adjacent to an activating group) is 1. The zero-order valence-corrected chi connectivity index (χ0v) is 82.0. The first-order valence-corrected chi connectivity index (χ1v) is 48.9. The molecule has 24 nitrogen and oxygen atoms in total. The van der Waals surface area contributed by atoms with Gasteiger partial charge in [-0.2, -0.15) is 0 Å². The van der Waals surface area contributed by atoms with Gasteiger partial charge in [0.15, 0.2) is 0 Å². The van der Waals surface area contributed by atoms with E-state index in [1.54, 1.807) is 14.2 Å². The van der Waals surface area contributed by atoms with Gasteiger partial charge in [0.1, 0.15) is 0 Å². The van der Waals surface area contributed by atoms with Crippen LogP contribution in [0.2, 0.25) is 0 Å². The number of likely N-dealkylation sites (tertiary alicyclic amines) is 4. The molecule has 0 unspecified atom stereocenters. The number of piperidine rings is 3. The Kier molecular flexibility index (Phi) is 44.3. The van der Waals surface area contributed by atoms with Crippen molar-refractivity contribution in [3.05, 3.63) is 248 Å². The summed E-state index contributed by atoms with van der Waals surface area (Å²) in [6.45, 7) is 45.7. The maximum Gasteiger partial charge on any atom is 0.254 e. The molecule has 132 heavy (non-hydrogen) atoms. The Morgan fingerprint density at radius 2 is 0.576 bits per heavy atom. The molecule has 9 saturated heterocycles. The number of nitrogens with zero attached hydrogens (tertiary/aromatic N) is 14. The maximum atomic E-state index is 12.5. The second-order valence-electron chi connectivity index (χ2n) is 37.3. The van der Waals surface area contributed by atoms with E-state index in [1.807, 2.05) is 239 Å². The smallest absolute Gasteiger partial charge is 0.254 e. The topological polar surface area (TPSA) is 193 Å². The van der Waals surface area contributed by atoms with Crippen molar-refractivity contribution in [2.75, 3.05) is 258 Å². The van der Waals surface area contributed by atoms with Crippen LogP contribution < -0.4 is 0 Å². The Morgan fingerprint density at radius 3 is 0.886 bits per heavy atom. The zero-order chi connectivity index (χ0) is 94.1. The Morgan fingerprint density at radius 1 is 0.295 bits per heavy atom. The van der Waals surface area contributed by atoms with Crippen LogP contribution in [-0.2, 0) is 14.2 Å². The van der Waals surface area contributed by atoms with Gasteiger partial charge in [-0.05, 0) is 265 Å². The summed E-state index contributed by atoms with van der Waals surface area (Å²) in [5.74, 6) is 1.14. The molecule has 0 bridgehead atoms.